The van der Waals surface area contributed by atoms with Crippen molar-refractivity contribution in [2.45, 2.75) is 0 Å². The summed E-state index contributed by atoms with van der Waals surface area (Å²) in [5.41, 5.74) is -0.561. The Labute approximate surface area is 171 Å². The summed E-state index contributed by atoms with van der Waals surface area (Å²) < 4.78 is 0. The van der Waals surface area contributed by atoms with Gasteiger partial charge in [0.05, 0.1) is 11.1 Å². The molecule has 3 N–H and O–H groups in total. The van der Waals surface area contributed by atoms with Gasteiger partial charge >= 0.3 is 11.9 Å². The molecule has 0 aromatic heterocycles. The fourth-order valence-electron chi connectivity index (χ4n) is 4.81. The van der Waals surface area contributed by atoms with Crippen LogP contribution in [0.5, 0.6) is 5.75 Å². The first-order valence-corrected chi connectivity index (χ1v) is 9.29. The van der Waals surface area contributed by atoms with Gasteiger partial charge in [-0.2, -0.15) is 0 Å². The van der Waals surface area contributed by atoms with Gasteiger partial charge in [-0.15, -0.1) is 0 Å². The zero-order chi connectivity index (χ0) is 21.8. The van der Waals surface area contributed by atoms with Crippen molar-refractivity contribution in [3.05, 3.63) is 74.0 Å². The van der Waals surface area contributed by atoms with Crippen LogP contribution in [-0.4, -0.2) is 27.3 Å². The van der Waals surface area contributed by atoms with Crippen molar-refractivity contribution < 1.29 is 24.9 Å². The van der Waals surface area contributed by atoms with Gasteiger partial charge < -0.3 is 15.3 Å². The second kappa shape index (κ2) is 5.34. The summed E-state index contributed by atoms with van der Waals surface area (Å²) in [5.74, 6) is -2.77. The van der Waals surface area contributed by atoms with Crippen LogP contribution in [0.1, 0.15) is 20.7 Å². The molecule has 0 saturated carbocycles. The maximum atomic E-state index is 13.4. The summed E-state index contributed by atoms with van der Waals surface area (Å²) in [6.07, 6.45) is 0. The van der Waals surface area contributed by atoms with Crippen molar-refractivity contribution in [3.63, 3.8) is 0 Å². The minimum atomic E-state index is -1.29. The molecule has 6 rings (SSSR count). The Morgan fingerprint density at radius 1 is 0.613 bits per heavy atom. The van der Waals surface area contributed by atoms with E-state index in [2.05, 4.69) is 0 Å². The molecule has 0 unspecified atom stereocenters. The number of benzene rings is 6. The lowest BCUT2D eigenvalue weighted by Gasteiger charge is -2.22. The molecule has 7 nitrogen and oxygen atoms in total. The number of carbonyl (C=O) groups is 2. The number of carboxylic acids is 2. The minimum Gasteiger partial charge on any atom is -0.507 e. The zero-order valence-corrected chi connectivity index (χ0v) is 15.5. The Hall–Kier alpha value is -4.52. The second-order valence-electron chi connectivity index (χ2n) is 7.61. The Morgan fingerprint density at radius 2 is 1.10 bits per heavy atom. The molecule has 2 aliphatic carbocycles. The first-order chi connectivity index (χ1) is 14.8. The molecule has 148 valence electrons. The SMILES string of the molecule is O=C(O)c1cc2c3c(c1)c(=O)c1cc(C(=O)O)cc4c(O)c5cccc(c2=O)c5c-3c41. The third kappa shape index (κ3) is 1.92. The Balaban J connectivity index is 2.10. The second-order valence-corrected chi connectivity index (χ2v) is 7.61. The van der Waals surface area contributed by atoms with Crippen LogP contribution in [0.15, 0.2) is 52.1 Å². The number of aromatic hydroxyl groups is 1. The summed E-state index contributed by atoms with van der Waals surface area (Å²) >= 11 is 0. The molecule has 0 atom stereocenters. The number of phenolic OH excluding ortho intramolecular Hbond substituents is 1. The largest absolute Gasteiger partial charge is 0.507 e. The van der Waals surface area contributed by atoms with E-state index in [9.17, 15) is 34.5 Å². The number of hydrogen-bond acceptors (Lipinski definition) is 5. The van der Waals surface area contributed by atoms with Crippen LogP contribution in [-0.2, 0) is 0 Å². The van der Waals surface area contributed by atoms with E-state index in [1.54, 1.807) is 18.2 Å². The Kier molecular flexibility index (Phi) is 2.99. The van der Waals surface area contributed by atoms with E-state index in [4.69, 9.17) is 0 Å². The third-order valence-electron chi connectivity index (χ3n) is 6.07. The molecule has 0 spiro atoms. The van der Waals surface area contributed by atoms with E-state index in [-0.39, 0.29) is 43.8 Å². The van der Waals surface area contributed by atoms with Gasteiger partial charge in [-0.25, -0.2) is 9.59 Å². The van der Waals surface area contributed by atoms with E-state index in [0.717, 1.165) is 0 Å². The standard InChI is InChI=1S/C24H10O7/c25-20-10-2-1-3-11-16(10)19-17-12(20)4-8(23(28)29)6-14(17)22(27)15-7-9(24(30)31)5-13(18(15)19)21(11)26/h1-7,25H,(H,28,29)(H,30,31). The Morgan fingerprint density at radius 3 is 1.71 bits per heavy atom. The first kappa shape index (κ1) is 17.3. The van der Waals surface area contributed by atoms with Crippen LogP contribution in [0.3, 0.4) is 0 Å². The number of aromatic carboxylic acids is 2. The molecule has 0 amide bonds. The minimum absolute atomic E-state index is 0.0288. The number of rotatable bonds is 2. The molecule has 0 heterocycles. The molecule has 0 aliphatic heterocycles. The highest BCUT2D eigenvalue weighted by atomic mass is 16.4. The van der Waals surface area contributed by atoms with E-state index >= 15 is 0 Å². The molecule has 0 bridgehead atoms. The molecular weight excluding hydrogens is 400 g/mol. The molecule has 0 radical (unpaired) electrons. The van der Waals surface area contributed by atoms with Crippen LogP contribution in [0.25, 0.3) is 54.2 Å². The molecular formula is C24H10O7. The van der Waals surface area contributed by atoms with E-state index in [1.165, 1.54) is 24.3 Å². The quantitative estimate of drug-likeness (QED) is 0.294. The lowest BCUT2D eigenvalue weighted by atomic mass is 9.79. The van der Waals surface area contributed by atoms with Crippen LogP contribution in [0.4, 0.5) is 0 Å². The summed E-state index contributed by atoms with van der Waals surface area (Å²) in [6, 6.07) is 9.81. The molecule has 31 heavy (non-hydrogen) atoms. The van der Waals surface area contributed by atoms with Crippen LogP contribution in [0, 0.1) is 0 Å². The van der Waals surface area contributed by atoms with Gasteiger partial charge in [-0.3, -0.25) is 9.59 Å². The van der Waals surface area contributed by atoms with Crippen LogP contribution >= 0.6 is 0 Å². The highest BCUT2D eigenvalue weighted by molar-refractivity contribution is 6.32. The number of carboxylic acid groups (broad SMARTS) is 2. The summed E-state index contributed by atoms with van der Waals surface area (Å²) in [6.45, 7) is 0. The molecule has 2 aliphatic rings. The van der Waals surface area contributed by atoms with E-state index in [0.29, 0.717) is 27.3 Å². The van der Waals surface area contributed by atoms with Gasteiger partial charge in [-0.05, 0) is 24.3 Å². The van der Waals surface area contributed by atoms with Gasteiger partial charge in [0.15, 0.2) is 10.9 Å². The predicted octanol–water partition coefficient (Wildman–Crippen LogP) is 3.54. The van der Waals surface area contributed by atoms with E-state index in [1.807, 2.05) is 0 Å². The van der Waals surface area contributed by atoms with Crippen molar-refractivity contribution >= 4 is 55.0 Å². The van der Waals surface area contributed by atoms with Crippen molar-refractivity contribution in [1.29, 1.82) is 0 Å². The summed E-state index contributed by atoms with van der Waals surface area (Å²) in [4.78, 5) is 50.0. The van der Waals surface area contributed by atoms with Gasteiger partial charge in [-0.1, -0.05) is 18.2 Å². The van der Waals surface area contributed by atoms with Crippen molar-refractivity contribution in [3.8, 4) is 16.9 Å². The summed E-state index contributed by atoms with van der Waals surface area (Å²) in [7, 11) is 0. The predicted molar refractivity (Wildman–Crippen MR) is 115 cm³/mol. The number of phenols is 1. The zero-order valence-electron chi connectivity index (χ0n) is 15.5. The molecule has 7 heteroatoms. The summed E-state index contributed by atoms with van der Waals surface area (Å²) in [5, 5.41) is 31.8. The lowest BCUT2D eigenvalue weighted by molar-refractivity contribution is 0.0686. The number of hydrogen-bond donors (Lipinski definition) is 3. The van der Waals surface area contributed by atoms with E-state index < -0.39 is 22.8 Å². The maximum Gasteiger partial charge on any atom is 0.335 e. The molecule has 4 aromatic carbocycles. The fourth-order valence-corrected chi connectivity index (χ4v) is 4.81. The average molecular weight is 410 g/mol. The highest BCUT2D eigenvalue weighted by Gasteiger charge is 2.29. The smallest absolute Gasteiger partial charge is 0.335 e. The van der Waals surface area contributed by atoms with Gasteiger partial charge in [0, 0.05) is 54.2 Å². The average Bonchev–Trinajstić information content (AvgIpc) is 2.76. The topological polar surface area (TPSA) is 129 Å². The lowest BCUT2D eigenvalue weighted by Crippen LogP contribution is -2.15. The Bertz CT molecular complexity index is 1830. The van der Waals surface area contributed by atoms with Gasteiger partial charge in [0.25, 0.3) is 0 Å². The molecule has 0 saturated heterocycles. The normalized spacial score (nSPS) is 12.1. The molecule has 4 aromatic rings. The van der Waals surface area contributed by atoms with Crippen LogP contribution in [0.2, 0.25) is 0 Å². The first-order valence-electron chi connectivity index (χ1n) is 9.29. The van der Waals surface area contributed by atoms with Crippen molar-refractivity contribution in [2.75, 3.05) is 0 Å². The highest BCUT2D eigenvalue weighted by Crippen LogP contribution is 2.49. The monoisotopic (exact) mass is 410 g/mol. The van der Waals surface area contributed by atoms with Gasteiger partial charge in [0.1, 0.15) is 5.75 Å². The molecule has 0 fully saturated rings. The van der Waals surface area contributed by atoms with Gasteiger partial charge in [0.2, 0.25) is 0 Å². The fraction of sp³-hybridized carbons (Fsp3) is 0. The van der Waals surface area contributed by atoms with Crippen molar-refractivity contribution in [1.82, 2.24) is 0 Å². The van der Waals surface area contributed by atoms with Crippen LogP contribution < -0.4 is 10.9 Å². The third-order valence-corrected chi connectivity index (χ3v) is 6.07. The maximum absolute atomic E-state index is 13.4. The van der Waals surface area contributed by atoms with Crippen molar-refractivity contribution in [2.24, 2.45) is 0 Å².